The normalized spacial score (nSPS) is 18.6. The molecule has 0 amide bonds. The Balaban J connectivity index is 1.25. The van der Waals surface area contributed by atoms with E-state index in [1.54, 1.807) is 29.9 Å². The van der Waals surface area contributed by atoms with Gasteiger partial charge in [-0.2, -0.15) is 0 Å². The Morgan fingerprint density at radius 2 is 1.86 bits per heavy atom. The smallest absolute Gasteiger partial charge is 0.240 e. The lowest BCUT2D eigenvalue weighted by molar-refractivity contribution is 0.103. The zero-order valence-electron chi connectivity index (χ0n) is 15.4. The lowest BCUT2D eigenvalue weighted by atomic mass is 9.89. The van der Waals surface area contributed by atoms with Crippen LogP contribution in [-0.4, -0.2) is 32.1 Å². The maximum absolute atomic E-state index is 6.16. The molecule has 6 nitrogen and oxygen atoms in total. The number of hydrogen-bond acceptors (Lipinski definition) is 7. The van der Waals surface area contributed by atoms with E-state index in [1.165, 1.54) is 4.70 Å². The van der Waals surface area contributed by atoms with Crippen molar-refractivity contribution in [3.63, 3.8) is 0 Å². The Morgan fingerprint density at radius 3 is 2.71 bits per heavy atom. The fraction of sp³-hybridized carbons (Fsp3) is 0.238. The maximum atomic E-state index is 6.16. The standard InChI is InChI=1S/C21H19N5OS/c1-13-16(5-4-8-22-13)19-20(24-10-9-23-19)27-15-11-14(12-15)25-21-26-17-6-2-3-7-18(17)28-21/h2-10,14-15H,11-12H2,1H3,(H,25,26)/t14-,15-. The Morgan fingerprint density at radius 1 is 1.00 bits per heavy atom. The van der Waals surface area contributed by atoms with Crippen molar-refractivity contribution in [2.24, 2.45) is 0 Å². The van der Waals surface area contributed by atoms with Gasteiger partial charge in [0.05, 0.1) is 10.2 Å². The topological polar surface area (TPSA) is 72.8 Å². The Kier molecular flexibility index (Phi) is 4.37. The third-order valence-electron chi connectivity index (χ3n) is 4.92. The zero-order chi connectivity index (χ0) is 18.9. The number of fused-ring (bicyclic) bond motifs is 1. The number of pyridine rings is 1. The molecule has 4 aromatic rings. The van der Waals surface area contributed by atoms with Gasteiger partial charge in [-0.05, 0) is 31.2 Å². The number of nitrogens with zero attached hydrogens (tertiary/aromatic N) is 4. The van der Waals surface area contributed by atoms with Gasteiger partial charge in [0, 0.05) is 48.7 Å². The summed E-state index contributed by atoms with van der Waals surface area (Å²) in [5.41, 5.74) is 3.65. The fourth-order valence-electron chi connectivity index (χ4n) is 3.38. The van der Waals surface area contributed by atoms with E-state index in [0.717, 1.165) is 40.4 Å². The molecule has 0 atom stereocenters. The summed E-state index contributed by atoms with van der Waals surface area (Å²) in [7, 11) is 0. The maximum Gasteiger partial charge on any atom is 0.240 e. The highest BCUT2D eigenvalue weighted by Crippen LogP contribution is 2.34. The van der Waals surface area contributed by atoms with Crippen LogP contribution in [0.2, 0.25) is 0 Å². The van der Waals surface area contributed by atoms with Crippen molar-refractivity contribution in [3.05, 3.63) is 60.7 Å². The number of hydrogen-bond donors (Lipinski definition) is 1. The average molecular weight is 389 g/mol. The van der Waals surface area contributed by atoms with E-state index >= 15 is 0 Å². The lowest BCUT2D eigenvalue weighted by Gasteiger charge is -2.35. The zero-order valence-corrected chi connectivity index (χ0v) is 16.2. The van der Waals surface area contributed by atoms with Crippen LogP contribution in [-0.2, 0) is 0 Å². The van der Waals surface area contributed by atoms with E-state index in [1.807, 2.05) is 37.3 Å². The summed E-state index contributed by atoms with van der Waals surface area (Å²) in [6.07, 6.45) is 7.09. The third kappa shape index (κ3) is 3.29. The molecule has 5 rings (SSSR count). The third-order valence-corrected chi connectivity index (χ3v) is 5.89. The van der Waals surface area contributed by atoms with Gasteiger partial charge in [0.1, 0.15) is 11.8 Å². The molecule has 1 fully saturated rings. The molecular formula is C21H19N5OS. The van der Waals surface area contributed by atoms with Crippen LogP contribution in [0, 0.1) is 6.92 Å². The van der Waals surface area contributed by atoms with Crippen molar-refractivity contribution >= 4 is 26.7 Å². The van der Waals surface area contributed by atoms with Crippen LogP contribution < -0.4 is 10.1 Å². The lowest BCUT2D eigenvalue weighted by Crippen LogP contribution is -2.42. The molecule has 28 heavy (non-hydrogen) atoms. The molecule has 140 valence electrons. The van der Waals surface area contributed by atoms with Gasteiger partial charge >= 0.3 is 0 Å². The van der Waals surface area contributed by atoms with Gasteiger partial charge in [-0.1, -0.05) is 23.5 Å². The molecule has 1 aliphatic carbocycles. The van der Waals surface area contributed by atoms with Crippen LogP contribution in [0.15, 0.2) is 55.0 Å². The highest BCUT2D eigenvalue weighted by molar-refractivity contribution is 7.22. The first kappa shape index (κ1) is 17.1. The molecule has 0 saturated heterocycles. The molecule has 0 radical (unpaired) electrons. The highest BCUT2D eigenvalue weighted by atomic mass is 32.1. The van der Waals surface area contributed by atoms with Crippen molar-refractivity contribution in [2.45, 2.75) is 31.9 Å². The van der Waals surface area contributed by atoms with Gasteiger partial charge in [0.2, 0.25) is 5.88 Å². The first-order chi connectivity index (χ1) is 13.8. The minimum Gasteiger partial charge on any atom is -0.473 e. The molecule has 0 aliphatic heterocycles. The summed E-state index contributed by atoms with van der Waals surface area (Å²) < 4.78 is 7.36. The summed E-state index contributed by atoms with van der Waals surface area (Å²) in [5.74, 6) is 0.571. The first-order valence-corrected chi connectivity index (χ1v) is 10.1. The van der Waals surface area contributed by atoms with Crippen LogP contribution in [0.1, 0.15) is 18.5 Å². The second-order valence-electron chi connectivity index (χ2n) is 6.89. The van der Waals surface area contributed by atoms with Crippen molar-refractivity contribution in [2.75, 3.05) is 5.32 Å². The van der Waals surface area contributed by atoms with Gasteiger partial charge in [-0.15, -0.1) is 0 Å². The van der Waals surface area contributed by atoms with Crippen molar-refractivity contribution < 1.29 is 4.74 Å². The quantitative estimate of drug-likeness (QED) is 0.543. The second-order valence-corrected chi connectivity index (χ2v) is 7.92. The summed E-state index contributed by atoms with van der Waals surface area (Å²) in [4.78, 5) is 17.9. The van der Waals surface area contributed by atoms with Crippen LogP contribution in [0.4, 0.5) is 5.13 Å². The number of thiazole rings is 1. The van der Waals surface area contributed by atoms with Gasteiger partial charge in [0.15, 0.2) is 5.13 Å². The summed E-state index contributed by atoms with van der Waals surface area (Å²) in [6, 6.07) is 12.5. The molecule has 1 aromatic carbocycles. The van der Waals surface area contributed by atoms with Crippen LogP contribution in [0.3, 0.4) is 0 Å². The van der Waals surface area contributed by atoms with Gasteiger partial charge in [-0.25, -0.2) is 15.0 Å². The number of rotatable bonds is 5. The number of aromatic nitrogens is 4. The molecule has 3 aromatic heterocycles. The molecular weight excluding hydrogens is 370 g/mol. The Bertz CT molecular complexity index is 1090. The molecule has 1 saturated carbocycles. The summed E-state index contributed by atoms with van der Waals surface area (Å²) >= 11 is 1.69. The van der Waals surface area contributed by atoms with E-state index < -0.39 is 0 Å². The van der Waals surface area contributed by atoms with Crippen molar-refractivity contribution in [1.29, 1.82) is 0 Å². The monoisotopic (exact) mass is 389 g/mol. The molecule has 1 aliphatic rings. The van der Waals surface area contributed by atoms with E-state index in [0.29, 0.717) is 11.9 Å². The average Bonchev–Trinajstić information content (AvgIpc) is 3.10. The van der Waals surface area contributed by atoms with Crippen LogP contribution >= 0.6 is 11.3 Å². The van der Waals surface area contributed by atoms with Crippen molar-refractivity contribution in [1.82, 2.24) is 19.9 Å². The predicted molar refractivity (Wildman–Crippen MR) is 111 cm³/mol. The fourth-order valence-corrected chi connectivity index (χ4v) is 4.32. The minimum absolute atomic E-state index is 0.124. The molecule has 0 bridgehead atoms. The number of ether oxygens (including phenoxy) is 1. The molecule has 7 heteroatoms. The molecule has 0 spiro atoms. The number of benzene rings is 1. The molecule has 1 N–H and O–H groups in total. The summed E-state index contributed by atoms with van der Waals surface area (Å²) in [5, 5.41) is 4.49. The molecule has 0 unspecified atom stereocenters. The number of anilines is 1. The van der Waals surface area contributed by atoms with Crippen LogP contribution in [0.25, 0.3) is 21.5 Å². The summed E-state index contributed by atoms with van der Waals surface area (Å²) in [6.45, 7) is 1.97. The largest absolute Gasteiger partial charge is 0.473 e. The van der Waals surface area contributed by atoms with E-state index in [4.69, 9.17) is 4.74 Å². The second kappa shape index (κ2) is 7.16. The Labute approximate surface area is 166 Å². The minimum atomic E-state index is 0.124. The number of nitrogens with one attached hydrogen (secondary N) is 1. The van der Waals surface area contributed by atoms with E-state index in [9.17, 15) is 0 Å². The van der Waals surface area contributed by atoms with Crippen LogP contribution in [0.5, 0.6) is 5.88 Å². The first-order valence-electron chi connectivity index (χ1n) is 9.28. The van der Waals surface area contributed by atoms with Crippen molar-refractivity contribution in [3.8, 4) is 17.1 Å². The SMILES string of the molecule is Cc1ncccc1-c1nccnc1O[C@H]1C[C@H](Nc2nc3ccccc3s2)C1. The number of para-hydroxylation sites is 1. The van der Waals surface area contributed by atoms with Gasteiger partial charge in [0.25, 0.3) is 0 Å². The van der Waals surface area contributed by atoms with E-state index in [-0.39, 0.29) is 6.10 Å². The van der Waals surface area contributed by atoms with Gasteiger partial charge in [-0.3, -0.25) is 4.98 Å². The number of aryl methyl sites for hydroxylation is 1. The Hall–Kier alpha value is -3.06. The van der Waals surface area contributed by atoms with Gasteiger partial charge < -0.3 is 10.1 Å². The van der Waals surface area contributed by atoms with E-state index in [2.05, 4.69) is 31.3 Å². The molecule has 3 heterocycles. The highest BCUT2D eigenvalue weighted by Gasteiger charge is 2.32. The predicted octanol–water partition coefficient (Wildman–Crippen LogP) is 4.48.